The summed E-state index contributed by atoms with van der Waals surface area (Å²) in [6, 6.07) is 4.32. The van der Waals surface area contributed by atoms with Gasteiger partial charge >= 0.3 is 0 Å². The smallest absolute Gasteiger partial charge is 0.298 e. The van der Waals surface area contributed by atoms with Gasteiger partial charge in [-0.15, -0.1) is 0 Å². The number of carbonyl (C=O) groups is 1. The normalized spacial score (nSPS) is 12.3. The lowest BCUT2D eigenvalue weighted by molar-refractivity contribution is 0.0988. The van der Waals surface area contributed by atoms with Gasteiger partial charge in [0.1, 0.15) is 5.69 Å². The van der Waals surface area contributed by atoms with Crippen molar-refractivity contribution in [1.29, 1.82) is 0 Å². The fourth-order valence-corrected chi connectivity index (χ4v) is 4.04. The maximum atomic E-state index is 12.6. The molecule has 0 atom stereocenters. The molecule has 0 aliphatic rings. The van der Waals surface area contributed by atoms with Gasteiger partial charge in [-0.05, 0) is 44.9 Å². The van der Waals surface area contributed by atoms with Crippen molar-refractivity contribution in [3.8, 4) is 0 Å². The fourth-order valence-electron chi connectivity index (χ4n) is 2.90. The van der Waals surface area contributed by atoms with E-state index in [9.17, 15) is 4.79 Å². The Morgan fingerprint density at radius 3 is 2.61 bits per heavy atom. The SMILES string of the molecule is CCn1c(=NC(=O)c2c(C)cnn2C)sc2c(C)cc(C)cc21. The van der Waals surface area contributed by atoms with Gasteiger partial charge in [-0.25, -0.2) is 0 Å². The van der Waals surface area contributed by atoms with Crippen LogP contribution in [0.1, 0.15) is 34.1 Å². The largest absolute Gasteiger partial charge is 0.317 e. The van der Waals surface area contributed by atoms with Crippen LogP contribution in [0.2, 0.25) is 0 Å². The van der Waals surface area contributed by atoms with E-state index in [4.69, 9.17) is 0 Å². The predicted molar refractivity (Wildman–Crippen MR) is 92.8 cm³/mol. The zero-order chi connectivity index (χ0) is 16.7. The molecule has 1 amide bonds. The number of amides is 1. The highest BCUT2D eigenvalue weighted by Gasteiger charge is 2.15. The molecule has 0 unspecified atom stereocenters. The van der Waals surface area contributed by atoms with Crippen LogP contribution in [0.5, 0.6) is 0 Å². The van der Waals surface area contributed by atoms with Crippen LogP contribution in [0.4, 0.5) is 0 Å². The summed E-state index contributed by atoms with van der Waals surface area (Å²) in [5.41, 5.74) is 4.96. The number of carbonyl (C=O) groups excluding carboxylic acids is 1. The number of benzene rings is 1. The van der Waals surface area contributed by atoms with E-state index in [1.54, 1.807) is 29.3 Å². The maximum Gasteiger partial charge on any atom is 0.298 e. The first-order chi connectivity index (χ1) is 10.9. The molecule has 0 aliphatic heterocycles. The first kappa shape index (κ1) is 15.7. The monoisotopic (exact) mass is 328 g/mol. The summed E-state index contributed by atoms with van der Waals surface area (Å²) in [6.07, 6.45) is 1.69. The Kier molecular flexibility index (Phi) is 3.93. The number of thiazole rings is 1. The topological polar surface area (TPSA) is 52.2 Å². The Bertz CT molecular complexity index is 955. The molecule has 0 N–H and O–H groups in total. The fraction of sp³-hybridized carbons (Fsp3) is 0.353. The third-order valence-corrected chi connectivity index (χ3v) is 5.18. The second-order valence-electron chi connectivity index (χ2n) is 5.78. The second kappa shape index (κ2) is 5.77. The summed E-state index contributed by atoms with van der Waals surface area (Å²) in [5.74, 6) is -0.245. The zero-order valence-corrected chi connectivity index (χ0v) is 14.9. The standard InChI is InChI=1S/C17H20N4OS/c1-6-21-13-8-10(2)7-11(3)15(13)23-17(21)19-16(22)14-12(4)9-18-20(14)5/h7-9H,6H2,1-5H3. The molecule has 3 rings (SSSR count). The molecule has 6 heteroatoms. The van der Waals surface area contributed by atoms with Crippen LogP contribution >= 0.6 is 11.3 Å². The van der Waals surface area contributed by atoms with Gasteiger partial charge in [0.15, 0.2) is 4.80 Å². The molecule has 0 saturated heterocycles. The van der Waals surface area contributed by atoms with Crippen LogP contribution in [0, 0.1) is 20.8 Å². The molecule has 2 heterocycles. The molecule has 0 bridgehead atoms. The molecular weight excluding hydrogens is 308 g/mol. The average Bonchev–Trinajstić information content (AvgIpc) is 2.99. The second-order valence-corrected chi connectivity index (χ2v) is 6.75. The molecule has 0 aliphatic carbocycles. The van der Waals surface area contributed by atoms with E-state index < -0.39 is 0 Å². The maximum absolute atomic E-state index is 12.6. The minimum atomic E-state index is -0.245. The quantitative estimate of drug-likeness (QED) is 0.726. The van der Waals surface area contributed by atoms with Gasteiger partial charge in [-0.1, -0.05) is 17.4 Å². The van der Waals surface area contributed by atoms with Crippen molar-refractivity contribution in [3.63, 3.8) is 0 Å². The van der Waals surface area contributed by atoms with Crippen molar-refractivity contribution in [2.45, 2.75) is 34.2 Å². The summed E-state index contributed by atoms with van der Waals surface area (Å²) < 4.78 is 4.87. The van der Waals surface area contributed by atoms with E-state index in [1.165, 1.54) is 15.8 Å². The number of rotatable bonds is 2. The first-order valence-electron chi connectivity index (χ1n) is 7.60. The molecule has 2 aromatic heterocycles. The van der Waals surface area contributed by atoms with Crippen molar-refractivity contribution in [2.75, 3.05) is 0 Å². The molecule has 23 heavy (non-hydrogen) atoms. The van der Waals surface area contributed by atoms with E-state index in [0.717, 1.165) is 22.4 Å². The Morgan fingerprint density at radius 1 is 1.26 bits per heavy atom. The van der Waals surface area contributed by atoms with Crippen LogP contribution in [0.15, 0.2) is 23.3 Å². The molecule has 1 aromatic carbocycles. The van der Waals surface area contributed by atoms with Crippen molar-refractivity contribution >= 4 is 27.5 Å². The third kappa shape index (κ3) is 2.63. The Labute approximate surface area is 138 Å². The van der Waals surface area contributed by atoms with Crippen LogP contribution in [-0.2, 0) is 13.6 Å². The number of nitrogens with zero attached hydrogens (tertiary/aromatic N) is 4. The summed E-state index contributed by atoms with van der Waals surface area (Å²) in [7, 11) is 1.77. The number of hydrogen-bond donors (Lipinski definition) is 0. The number of aromatic nitrogens is 3. The molecule has 5 nitrogen and oxygen atoms in total. The van der Waals surface area contributed by atoms with Gasteiger partial charge in [0.2, 0.25) is 0 Å². The van der Waals surface area contributed by atoms with Gasteiger partial charge < -0.3 is 4.57 Å². The summed E-state index contributed by atoms with van der Waals surface area (Å²) in [4.78, 5) is 17.7. The van der Waals surface area contributed by atoms with E-state index in [2.05, 4.69) is 47.6 Å². The Balaban J connectivity index is 2.24. The van der Waals surface area contributed by atoms with E-state index in [1.807, 2.05) is 6.92 Å². The Hall–Kier alpha value is -2.21. The van der Waals surface area contributed by atoms with Crippen molar-refractivity contribution in [2.24, 2.45) is 12.0 Å². The highest BCUT2D eigenvalue weighted by atomic mass is 32.1. The molecule has 0 saturated carbocycles. The third-order valence-electron chi connectivity index (χ3n) is 3.95. The summed E-state index contributed by atoms with van der Waals surface area (Å²) in [6.45, 7) is 8.91. The predicted octanol–water partition coefficient (Wildman–Crippen LogP) is 3.12. The highest BCUT2D eigenvalue weighted by molar-refractivity contribution is 7.16. The molecule has 3 aromatic rings. The summed E-state index contributed by atoms with van der Waals surface area (Å²) in [5, 5.41) is 4.12. The minimum Gasteiger partial charge on any atom is -0.317 e. The van der Waals surface area contributed by atoms with E-state index >= 15 is 0 Å². The average molecular weight is 328 g/mol. The van der Waals surface area contributed by atoms with Crippen LogP contribution < -0.4 is 4.80 Å². The lowest BCUT2D eigenvalue weighted by Crippen LogP contribution is -2.17. The van der Waals surface area contributed by atoms with Crippen LogP contribution in [0.3, 0.4) is 0 Å². The van der Waals surface area contributed by atoms with Gasteiger partial charge in [-0.2, -0.15) is 10.1 Å². The molecule has 0 radical (unpaired) electrons. The molecule has 120 valence electrons. The molecule has 0 fully saturated rings. The molecular formula is C17H20N4OS. The molecule has 0 spiro atoms. The number of fused-ring (bicyclic) bond motifs is 1. The van der Waals surface area contributed by atoms with Crippen molar-refractivity contribution in [1.82, 2.24) is 14.3 Å². The highest BCUT2D eigenvalue weighted by Crippen LogP contribution is 2.23. The zero-order valence-electron chi connectivity index (χ0n) is 14.0. The summed E-state index contributed by atoms with van der Waals surface area (Å²) >= 11 is 1.57. The van der Waals surface area contributed by atoms with E-state index in [-0.39, 0.29) is 5.91 Å². The number of aryl methyl sites for hydroxylation is 5. The van der Waals surface area contributed by atoms with Crippen molar-refractivity contribution in [3.05, 3.63) is 45.5 Å². The van der Waals surface area contributed by atoms with Gasteiger partial charge in [-0.3, -0.25) is 9.48 Å². The minimum absolute atomic E-state index is 0.245. The lowest BCUT2D eigenvalue weighted by Gasteiger charge is -2.03. The van der Waals surface area contributed by atoms with Gasteiger partial charge in [0.25, 0.3) is 5.91 Å². The first-order valence-corrected chi connectivity index (χ1v) is 8.42. The lowest BCUT2D eigenvalue weighted by atomic mass is 10.1. The van der Waals surface area contributed by atoms with Crippen molar-refractivity contribution < 1.29 is 4.79 Å². The van der Waals surface area contributed by atoms with Gasteiger partial charge in [0.05, 0.1) is 16.4 Å². The van der Waals surface area contributed by atoms with Crippen LogP contribution in [0.25, 0.3) is 10.2 Å². The Morgan fingerprint density at radius 2 is 2.00 bits per heavy atom. The van der Waals surface area contributed by atoms with E-state index in [0.29, 0.717) is 5.69 Å². The van der Waals surface area contributed by atoms with Gasteiger partial charge in [0, 0.05) is 19.2 Å². The number of hydrogen-bond acceptors (Lipinski definition) is 3. The van der Waals surface area contributed by atoms with Crippen LogP contribution in [-0.4, -0.2) is 20.3 Å².